The molecule has 1 aromatic heterocycles. The van der Waals surface area contributed by atoms with Gasteiger partial charge in [-0.2, -0.15) is 5.26 Å². The van der Waals surface area contributed by atoms with Crippen LogP contribution in [0, 0.1) is 17.1 Å². The van der Waals surface area contributed by atoms with Crippen molar-refractivity contribution in [3.05, 3.63) is 71.3 Å². The first kappa shape index (κ1) is 19.9. The number of thioether (sulfide) groups is 1. The summed E-state index contributed by atoms with van der Waals surface area (Å²) in [4.78, 5) is 0. The second-order valence-electron chi connectivity index (χ2n) is 6.55. The van der Waals surface area contributed by atoms with E-state index in [1.54, 1.807) is 24.3 Å². The third-order valence-corrected chi connectivity index (χ3v) is 5.20. The maximum absolute atomic E-state index is 13.9. The average molecular weight is 396 g/mol. The van der Waals surface area contributed by atoms with E-state index in [0.29, 0.717) is 17.1 Å². The topological polar surface area (TPSA) is 63.7 Å². The molecule has 3 rings (SSSR count). The number of rotatable bonds is 7. The number of nitrogens with zero attached hydrogens (tertiary/aromatic N) is 4. The molecule has 7 heteroatoms. The van der Waals surface area contributed by atoms with Crippen LogP contribution in [0.15, 0.2) is 53.7 Å². The van der Waals surface area contributed by atoms with Crippen LogP contribution in [-0.4, -0.2) is 14.8 Å². The molecule has 0 saturated carbocycles. The molecule has 144 valence electrons. The number of hydrogen-bond donors (Lipinski definition) is 0. The Labute approximate surface area is 168 Å². The highest BCUT2D eigenvalue weighted by Gasteiger charge is 2.22. The van der Waals surface area contributed by atoms with Crippen molar-refractivity contribution in [3.8, 4) is 11.8 Å². The molecule has 0 saturated heterocycles. The van der Waals surface area contributed by atoms with Crippen molar-refractivity contribution in [3.63, 3.8) is 0 Å². The zero-order valence-corrected chi connectivity index (χ0v) is 16.8. The summed E-state index contributed by atoms with van der Waals surface area (Å²) < 4.78 is 21.7. The van der Waals surface area contributed by atoms with Crippen molar-refractivity contribution < 1.29 is 9.13 Å². The molecule has 3 aromatic rings. The fourth-order valence-electron chi connectivity index (χ4n) is 2.83. The SMILES string of the molecule is CC(Oc1ccccc1F)c1nnc(SCc2ccccc2C#N)n1C(C)C. The highest BCUT2D eigenvalue weighted by atomic mass is 32.2. The number of aromatic nitrogens is 3. The molecular formula is C21H21FN4OS. The average Bonchev–Trinajstić information content (AvgIpc) is 3.12. The van der Waals surface area contributed by atoms with E-state index < -0.39 is 11.9 Å². The standard InChI is InChI=1S/C21H21FN4OS/c1-14(2)26-20(15(3)27-19-11-7-6-10-18(19)22)24-25-21(26)28-13-17-9-5-4-8-16(17)12-23/h4-11,14-15H,13H2,1-3H3. The predicted octanol–water partition coefficient (Wildman–Crippen LogP) is 5.30. The van der Waals surface area contributed by atoms with Crippen LogP contribution >= 0.6 is 11.8 Å². The molecule has 0 aliphatic carbocycles. The van der Waals surface area contributed by atoms with E-state index in [9.17, 15) is 9.65 Å². The molecule has 28 heavy (non-hydrogen) atoms. The minimum absolute atomic E-state index is 0.102. The number of halogens is 1. The smallest absolute Gasteiger partial charge is 0.191 e. The zero-order valence-electron chi connectivity index (χ0n) is 16.0. The van der Waals surface area contributed by atoms with Gasteiger partial charge in [-0.1, -0.05) is 42.1 Å². The number of para-hydroxylation sites is 1. The van der Waals surface area contributed by atoms with Crippen molar-refractivity contribution in [2.24, 2.45) is 0 Å². The van der Waals surface area contributed by atoms with E-state index >= 15 is 0 Å². The van der Waals surface area contributed by atoms with Crippen LogP contribution in [-0.2, 0) is 5.75 Å². The first-order valence-electron chi connectivity index (χ1n) is 8.98. The van der Waals surface area contributed by atoms with Crippen LogP contribution in [0.2, 0.25) is 0 Å². The Balaban J connectivity index is 1.82. The van der Waals surface area contributed by atoms with Crippen LogP contribution in [0.1, 0.15) is 49.9 Å². The third-order valence-electron chi connectivity index (χ3n) is 4.21. The van der Waals surface area contributed by atoms with Gasteiger partial charge in [0.1, 0.15) is 0 Å². The molecule has 0 bridgehead atoms. The first-order chi connectivity index (χ1) is 13.5. The molecule has 0 radical (unpaired) electrons. The molecule has 1 atom stereocenters. The Morgan fingerprint density at radius 1 is 1.11 bits per heavy atom. The third kappa shape index (κ3) is 4.34. The summed E-state index contributed by atoms with van der Waals surface area (Å²) in [5.74, 6) is 1.02. The summed E-state index contributed by atoms with van der Waals surface area (Å²) >= 11 is 1.51. The molecule has 0 aliphatic rings. The molecule has 0 aliphatic heterocycles. The Kier molecular flexibility index (Phi) is 6.32. The van der Waals surface area contributed by atoms with Gasteiger partial charge in [0, 0.05) is 11.8 Å². The first-order valence-corrected chi connectivity index (χ1v) is 9.96. The van der Waals surface area contributed by atoms with Gasteiger partial charge in [0.15, 0.2) is 28.7 Å². The lowest BCUT2D eigenvalue weighted by atomic mass is 10.1. The Hall–Kier alpha value is -2.85. The van der Waals surface area contributed by atoms with Crippen LogP contribution in [0.3, 0.4) is 0 Å². The quantitative estimate of drug-likeness (QED) is 0.507. The van der Waals surface area contributed by atoms with Gasteiger partial charge in [0.05, 0.1) is 11.6 Å². The van der Waals surface area contributed by atoms with Gasteiger partial charge in [0.25, 0.3) is 0 Å². The van der Waals surface area contributed by atoms with Gasteiger partial charge in [-0.25, -0.2) is 4.39 Å². The lowest BCUT2D eigenvalue weighted by Crippen LogP contribution is -2.14. The number of hydrogen-bond acceptors (Lipinski definition) is 5. The van der Waals surface area contributed by atoms with Crippen molar-refractivity contribution in [2.45, 2.75) is 43.8 Å². The van der Waals surface area contributed by atoms with Gasteiger partial charge >= 0.3 is 0 Å². The summed E-state index contributed by atoms with van der Waals surface area (Å²) in [6.45, 7) is 5.90. The minimum Gasteiger partial charge on any atom is -0.480 e. The summed E-state index contributed by atoms with van der Waals surface area (Å²) in [6.07, 6.45) is -0.465. The largest absolute Gasteiger partial charge is 0.480 e. The van der Waals surface area contributed by atoms with Gasteiger partial charge < -0.3 is 9.30 Å². The van der Waals surface area contributed by atoms with Crippen LogP contribution in [0.25, 0.3) is 0 Å². The van der Waals surface area contributed by atoms with Crippen molar-refractivity contribution in [1.82, 2.24) is 14.8 Å². The van der Waals surface area contributed by atoms with Gasteiger partial charge in [-0.05, 0) is 44.5 Å². The molecular weight excluding hydrogens is 375 g/mol. The molecule has 2 aromatic carbocycles. The fourth-order valence-corrected chi connectivity index (χ4v) is 3.91. The van der Waals surface area contributed by atoms with Crippen molar-refractivity contribution in [2.75, 3.05) is 0 Å². The molecule has 5 nitrogen and oxygen atoms in total. The Morgan fingerprint density at radius 3 is 2.54 bits per heavy atom. The zero-order chi connectivity index (χ0) is 20.1. The second-order valence-corrected chi connectivity index (χ2v) is 7.50. The number of nitriles is 1. The van der Waals surface area contributed by atoms with E-state index in [0.717, 1.165) is 10.7 Å². The van der Waals surface area contributed by atoms with Crippen LogP contribution in [0.4, 0.5) is 4.39 Å². The number of ether oxygens (including phenoxy) is 1. The van der Waals surface area contributed by atoms with Crippen LogP contribution in [0.5, 0.6) is 5.75 Å². The Bertz CT molecular complexity index is 996. The normalized spacial score (nSPS) is 12.0. The molecule has 0 spiro atoms. The maximum atomic E-state index is 13.9. The Morgan fingerprint density at radius 2 is 1.82 bits per heavy atom. The lowest BCUT2D eigenvalue weighted by molar-refractivity contribution is 0.198. The monoisotopic (exact) mass is 396 g/mol. The van der Waals surface area contributed by atoms with Gasteiger partial charge in [0.2, 0.25) is 0 Å². The summed E-state index contributed by atoms with van der Waals surface area (Å²) in [6, 6.07) is 16.1. The van der Waals surface area contributed by atoms with E-state index in [-0.39, 0.29) is 11.8 Å². The predicted molar refractivity (Wildman–Crippen MR) is 107 cm³/mol. The maximum Gasteiger partial charge on any atom is 0.191 e. The second kappa shape index (κ2) is 8.89. The summed E-state index contributed by atoms with van der Waals surface area (Å²) in [5.41, 5.74) is 1.60. The molecule has 0 N–H and O–H groups in total. The van der Waals surface area contributed by atoms with Crippen molar-refractivity contribution in [1.29, 1.82) is 5.26 Å². The number of benzene rings is 2. The molecule has 1 heterocycles. The van der Waals surface area contributed by atoms with Crippen LogP contribution < -0.4 is 4.74 Å². The highest BCUT2D eigenvalue weighted by Crippen LogP contribution is 2.30. The van der Waals surface area contributed by atoms with Crippen molar-refractivity contribution >= 4 is 11.8 Å². The summed E-state index contributed by atoms with van der Waals surface area (Å²) in [5, 5.41) is 18.6. The van der Waals surface area contributed by atoms with E-state index in [2.05, 4.69) is 16.3 Å². The molecule has 0 fully saturated rings. The van der Waals surface area contributed by atoms with E-state index in [4.69, 9.17) is 4.74 Å². The molecule has 0 amide bonds. The fraction of sp³-hybridized carbons (Fsp3) is 0.286. The van der Waals surface area contributed by atoms with E-state index in [1.165, 1.54) is 17.8 Å². The molecule has 1 unspecified atom stereocenters. The minimum atomic E-state index is -0.465. The summed E-state index contributed by atoms with van der Waals surface area (Å²) in [7, 11) is 0. The highest BCUT2D eigenvalue weighted by molar-refractivity contribution is 7.98. The lowest BCUT2D eigenvalue weighted by Gasteiger charge is -2.19. The van der Waals surface area contributed by atoms with Gasteiger partial charge in [-0.3, -0.25) is 0 Å². The van der Waals surface area contributed by atoms with Gasteiger partial charge in [-0.15, -0.1) is 10.2 Å². The van der Waals surface area contributed by atoms with E-state index in [1.807, 2.05) is 43.5 Å².